The average molecular weight is 152 g/mol. The van der Waals surface area contributed by atoms with Crippen molar-refractivity contribution >= 4 is 11.6 Å². The van der Waals surface area contributed by atoms with Gasteiger partial charge in [-0.3, -0.25) is 4.79 Å². The highest BCUT2D eigenvalue weighted by molar-refractivity contribution is 6.04. The number of carbonyl (C=O) groups is 1. The molecular formula is C8H12N2O. The van der Waals surface area contributed by atoms with E-state index in [0.29, 0.717) is 6.42 Å². The molecule has 0 saturated heterocycles. The van der Waals surface area contributed by atoms with Gasteiger partial charge in [0, 0.05) is 5.71 Å². The fourth-order valence-electron chi connectivity index (χ4n) is 0.967. The molecule has 60 valence electrons. The van der Waals surface area contributed by atoms with Gasteiger partial charge in [-0.25, -0.2) is 5.43 Å². The number of rotatable bonds is 3. The first kappa shape index (κ1) is 7.98. The summed E-state index contributed by atoms with van der Waals surface area (Å²) >= 11 is 0. The van der Waals surface area contributed by atoms with Crippen molar-refractivity contribution in [1.29, 1.82) is 0 Å². The summed E-state index contributed by atoms with van der Waals surface area (Å²) in [5.41, 5.74) is 3.39. The highest BCUT2D eigenvalue weighted by atomic mass is 16.2. The normalized spacial score (nSPS) is 17.2. The highest BCUT2D eigenvalue weighted by Crippen LogP contribution is 2.03. The number of hydrogen-bond acceptors (Lipinski definition) is 2. The second-order valence-corrected chi connectivity index (χ2v) is 2.50. The number of carbonyl (C=O) groups excluding carboxylic acids is 1. The number of hydrazone groups is 1. The summed E-state index contributed by atoms with van der Waals surface area (Å²) in [5, 5.41) is 3.87. The van der Waals surface area contributed by atoms with Gasteiger partial charge in [-0.15, -0.1) is 0 Å². The Bertz CT molecular complexity index is 206. The van der Waals surface area contributed by atoms with E-state index in [4.69, 9.17) is 0 Å². The molecule has 1 heterocycles. The molecular weight excluding hydrogens is 140 g/mol. The van der Waals surface area contributed by atoms with Crippen LogP contribution in [0.25, 0.3) is 0 Å². The van der Waals surface area contributed by atoms with Gasteiger partial charge >= 0.3 is 0 Å². The van der Waals surface area contributed by atoms with Crippen molar-refractivity contribution in [2.24, 2.45) is 5.10 Å². The minimum Gasteiger partial charge on any atom is -0.273 e. The zero-order valence-corrected chi connectivity index (χ0v) is 6.63. The van der Waals surface area contributed by atoms with Gasteiger partial charge < -0.3 is 0 Å². The van der Waals surface area contributed by atoms with Crippen LogP contribution in [0.4, 0.5) is 0 Å². The molecule has 0 aromatic carbocycles. The summed E-state index contributed by atoms with van der Waals surface area (Å²) in [4.78, 5) is 10.6. The topological polar surface area (TPSA) is 41.5 Å². The number of allylic oxidation sites excluding steroid dienone is 2. The van der Waals surface area contributed by atoms with E-state index in [2.05, 4.69) is 16.6 Å². The molecule has 3 nitrogen and oxygen atoms in total. The van der Waals surface area contributed by atoms with Gasteiger partial charge in [0.2, 0.25) is 5.91 Å². The van der Waals surface area contributed by atoms with Crippen LogP contribution in [0.15, 0.2) is 17.3 Å². The summed E-state index contributed by atoms with van der Waals surface area (Å²) in [6.07, 6.45) is 6.43. The molecule has 0 saturated carbocycles. The molecule has 1 aliphatic heterocycles. The summed E-state index contributed by atoms with van der Waals surface area (Å²) < 4.78 is 0. The van der Waals surface area contributed by atoms with Crippen LogP contribution in [-0.4, -0.2) is 11.6 Å². The Morgan fingerprint density at radius 1 is 1.73 bits per heavy atom. The molecule has 0 radical (unpaired) electrons. The maximum Gasteiger partial charge on any atom is 0.245 e. The maximum absolute atomic E-state index is 10.6. The van der Waals surface area contributed by atoms with Crippen molar-refractivity contribution < 1.29 is 4.79 Å². The molecule has 0 aromatic heterocycles. The first-order valence-corrected chi connectivity index (χ1v) is 3.78. The smallest absolute Gasteiger partial charge is 0.245 e. The minimum atomic E-state index is 0.0143. The van der Waals surface area contributed by atoms with Gasteiger partial charge in [-0.1, -0.05) is 12.2 Å². The number of hydrogen-bond donors (Lipinski definition) is 1. The van der Waals surface area contributed by atoms with Crippen molar-refractivity contribution in [3.05, 3.63) is 12.2 Å². The molecule has 0 bridgehead atoms. The van der Waals surface area contributed by atoms with E-state index in [0.717, 1.165) is 18.6 Å². The monoisotopic (exact) mass is 152 g/mol. The van der Waals surface area contributed by atoms with Crippen LogP contribution in [0, 0.1) is 0 Å². The van der Waals surface area contributed by atoms with Gasteiger partial charge in [0.25, 0.3) is 0 Å². The Hall–Kier alpha value is -1.12. The Morgan fingerprint density at radius 2 is 2.55 bits per heavy atom. The fourth-order valence-corrected chi connectivity index (χ4v) is 0.967. The second-order valence-electron chi connectivity index (χ2n) is 2.50. The first-order chi connectivity index (χ1) is 5.33. The predicted octanol–water partition coefficient (Wildman–Crippen LogP) is 1.22. The zero-order chi connectivity index (χ0) is 8.10. The number of amides is 1. The standard InChI is InChI=1S/C8H12N2O/c1-2-3-4-5-7-6-8(11)10-9-7/h2-3H,4-6H2,1H3,(H,10,11)/b3-2+. The molecule has 0 atom stereocenters. The SMILES string of the molecule is C/C=C/CCC1=NNC(=O)C1. The van der Waals surface area contributed by atoms with E-state index in [-0.39, 0.29) is 5.91 Å². The van der Waals surface area contributed by atoms with Gasteiger partial charge in [-0.2, -0.15) is 5.10 Å². The largest absolute Gasteiger partial charge is 0.273 e. The van der Waals surface area contributed by atoms with Crippen LogP contribution < -0.4 is 5.43 Å². The molecule has 0 aromatic rings. The third-order valence-electron chi connectivity index (χ3n) is 1.54. The van der Waals surface area contributed by atoms with Crippen LogP contribution in [0.3, 0.4) is 0 Å². The number of nitrogens with zero attached hydrogens (tertiary/aromatic N) is 1. The molecule has 0 aliphatic carbocycles. The van der Waals surface area contributed by atoms with E-state index in [1.54, 1.807) is 0 Å². The van der Waals surface area contributed by atoms with Gasteiger partial charge in [0.15, 0.2) is 0 Å². The van der Waals surface area contributed by atoms with E-state index >= 15 is 0 Å². The quantitative estimate of drug-likeness (QED) is 0.607. The first-order valence-electron chi connectivity index (χ1n) is 3.78. The molecule has 1 aliphatic rings. The van der Waals surface area contributed by atoms with Crippen molar-refractivity contribution in [2.45, 2.75) is 26.2 Å². The lowest BCUT2D eigenvalue weighted by Gasteiger charge is -1.90. The van der Waals surface area contributed by atoms with Crippen molar-refractivity contribution in [2.75, 3.05) is 0 Å². The van der Waals surface area contributed by atoms with Gasteiger partial charge in [0.1, 0.15) is 0 Å². The van der Waals surface area contributed by atoms with Crippen molar-refractivity contribution in [3.8, 4) is 0 Å². The lowest BCUT2D eigenvalue weighted by molar-refractivity contribution is -0.119. The summed E-state index contributed by atoms with van der Waals surface area (Å²) in [5.74, 6) is 0.0143. The molecule has 0 unspecified atom stereocenters. The van der Waals surface area contributed by atoms with E-state index < -0.39 is 0 Å². The molecule has 3 heteroatoms. The molecule has 11 heavy (non-hydrogen) atoms. The molecule has 1 amide bonds. The van der Waals surface area contributed by atoms with E-state index in [9.17, 15) is 4.79 Å². The third kappa shape index (κ3) is 2.53. The lowest BCUT2D eigenvalue weighted by atomic mass is 10.1. The highest BCUT2D eigenvalue weighted by Gasteiger charge is 2.12. The second kappa shape index (κ2) is 3.91. The Labute approximate surface area is 66.2 Å². The zero-order valence-electron chi connectivity index (χ0n) is 6.63. The summed E-state index contributed by atoms with van der Waals surface area (Å²) in [7, 11) is 0. The lowest BCUT2D eigenvalue weighted by Crippen LogP contribution is -2.08. The van der Waals surface area contributed by atoms with Crippen molar-refractivity contribution in [3.63, 3.8) is 0 Å². The van der Waals surface area contributed by atoms with Crippen LogP contribution >= 0.6 is 0 Å². The van der Waals surface area contributed by atoms with Gasteiger partial charge in [-0.05, 0) is 19.8 Å². The maximum atomic E-state index is 10.6. The Morgan fingerprint density at radius 3 is 3.09 bits per heavy atom. The minimum absolute atomic E-state index is 0.0143. The predicted molar refractivity (Wildman–Crippen MR) is 44.2 cm³/mol. The molecule has 0 fully saturated rings. The van der Waals surface area contributed by atoms with E-state index in [1.807, 2.05) is 13.0 Å². The fraction of sp³-hybridized carbons (Fsp3) is 0.500. The summed E-state index contributed by atoms with van der Waals surface area (Å²) in [6.45, 7) is 1.99. The molecule has 1 N–H and O–H groups in total. The van der Waals surface area contributed by atoms with Crippen LogP contribution in [-0.2, 0) is 4.79 Å². The van der Waals surface area contributed by atoms with Gasteiger partial charge in [0.05, 0.1) is 6.42 Å². The van der Waals surface area contributed by atoms with E-state index in [1.165, 1.54) is 0 Å². The average Bonchev–Trinajstić information content (AvgIpc) is 2.37. The Balaban J connectivity index is 2.23. The van der Waals surface area contributed by atoms with Crippen LogP contribution in [0.5, 0.6) is 0 Å². The number of nitrogens with one attached hydrogen (secondary N) is 1. The van der Waals surface area contributed by atoms with Crippen LogP contribution in [0.2, 0.25) is 0 Å². The molecule has 1 rings (SSSR count). The Kier molecular flexibility index (Phi) is 2.83. The van der Waals surface area contributed by atoms with Crippen LogP contribution in [0.1, 0.15) is 26.2 Å². The van der Waals surface area contributed by atoms with Crippen molar-refractivity contribution in [1.82, 2.24) is 5.43 Å². The molecule has 0 spiro atoms. The summed E-state index contributed by atoms with van der Waals surface area (Å²) in [6, 6.07) is 0. The third-order valence-corrected chi connectivity index (χ3v) is 1.54.